The highest BCUT2D eigenvalue weighted by Gasteiger charge is 2.19. The summed E-state index contributed by atoms with van der Waals surface area (Å²) in [6, 6.07) is 11.9. The van der Waals surface area contributed by atoms with E-state index < -0.39 is 0 Å². The topological polar surface area (TPSA) is 95.7 Å². The van der Waals surface area contributed by atoms with Gasteiger partial charge < -0.3 is 23.9 Å². The van der Waals surface area contributed by atoms with Gasteiger partial charge in [0.15, 0.2) is 28.5 Å². The summed E-state index contributed by atoms with van der Waals surface area (Å²) in [6.07, 6.45) is 1.63. The summed E-state index contributed by atoms with van der Waals surface area (Å²) in [5, 5.41) is 3.14. The molecule has 156 valence electrons. The van der Waals surface area contributed by atoms with Crippen LogP contribution in [0.25, 0.3) is 22.7 Å². The molecule has 0 spiro atoms. The Labute approximate surface area is 181 Å². The molecule has 0 saturated carbocycles. The molecule has 0 unspecified atom stereocenters. The summed E-state index contributed by atoms with van der Waals surface area (Å²) in [4.78, 5) is 21.5. The molecule has 0 radical (unpaired) electrons. The molecule has 0 bridgehead atoms. The molecule has 0 atom stereocenters. The molecule has 3 heterocycles. The molecule has 1 aliphatic heterocycles. The van der Waals surface area contributed by atoms with Crippen molar-refractivity contribution in [2.24, 2.45) is 0 Å². The fourth-order valence-electron chi connectivity index (χ4n) is 3.29. The minimum atomic E-state index is -0.359. The van der Waals surface area contributed by atoms with Crippen LogP contribution in [0, 0.1) is 0 Å². The minimum Gasteiger partial charge on any atom is -0.493 e. The Hall–Kier alpha value is -3.78. The lowest BCUT2D eigenvalue weighted by Gasteiger charge is -2.19. The van der Waals surface area contributed by atoms with Gasteiger partial charge in [-0.2, -0.15) is 4.98 Å². The first-order valence-electron chi connectivity index (χ1n) is 9.43. The van der Waals surface area contributed by atoms with Gasteiger partial charge in [-0.15, -0.1) is 0 Å². The van der Waals surface area contributed by atoms with E-state index >= 15 is 0 Å². The number of nitrogens with one attached hydrogen (secondary N) is 1. The van der Waals surface area contributed by atoms with Crippen molar-refractivity contribution in [3.63, 3.8) is 0 Å². The van der Waals surface area contributed by atoms with E-state index in [1.54, 1.807) is 48.7 Å². The van der Waals surface area contributed by atoms with Gasteiger partial charge in [-0.1, -0.05) is 11.6 Å². The maximum absolute atomic E-state index is 12.9. The van der Waals surface area contributed by atoms with E-state index in [-0.39, 0.29) is 5.91 Å². The van der Waals surface area contributed by atoms with Crippen LogP contribution < -0.4 is 19.5 Å². The van der Waals surface area contributed by atoms with Gasteiger partial charge in [0.2, 0.25) is 5.89 Å². The van der Waals surface area contributed by atoms with Crippen molar-refractivity contribution in [3.8, 4) is 28.7 Å². The van der Waals surface area contributed by atoms with Gasteiger partial charge >= 0.3 is 0 Å². The van der Waals surface area contributed by atoms with E-state index in [2.05, 4.69) is 15.3 Å². The van der Waals surface area contributed by atoms with Crippen molar-refractivity contribution >= 4 is 34.4 Å². The number of fused-ring (bicyclic) bond motifs is 2. The Morgan fingerprint density at radius 1 is 1.13 bits per heavy atom. The van der Waals surface area contributed by atoms with Gasteiger partial charge in [-0.3, -0.25) is 4.79 Å². The van der Waals surface area contributed by atoms with Crippen LogP contribution in [0.4, 0.5) is 5.69 Å². The number of methoxy groups -OCH3 is 1. The molecule has 1 N–H and O–H groups in total. The summed E-state index contributed by atoms with van der Waals surface area (Å²) < 4.78 is 22.2. The largest absolute Gasteiger partial charge is 0.493 e. The van der Waals surface area contributed by atoms with Crippen LogP contribution in [-0.4, -0.2) is 36.2 Å². The highest BCUT2D eigenvalue weighted by atomic mass is 35.5. The number of carbonyl (C=O) groups excluding carboxylic acids is 1. The molecule has 9 heteroatoms. The van der Waals surface area contributed by atoms with Crippen LogP contribution >= 0.6 is 11.6 Å². The first-order chi connectivity index (χ1) is 15.1. The van der Waals surface area contributed by atoms with Crippen molar-refractivity contribution in [2.45, 2.75) is 0 Å². The standard InChI is InChI=1S/C22H16ClN3O5/c1-28-19-14(23)9-13(22-26-20-17(31-22)3-2-6-24-20)10-15(19)25-21(27)12-4-5-16-18(11-12)30-8-7-29-16/h2-6,9-11H,7-8H2,1H3,(H,25,27). The summed E-state index contributed by atoms with van der Waals surface area (Å²) in [6.45, 7) is 0.912. The maximum atomic E-state index is 12.9. The van der Waals surface area contributed by atoms with E-state index in [4.69, 9.17) is 30.2 Å². The monoisotopic (exact) mass is 437 g/mol. The fraction of sp³-hybridized carbons (Fsp3) is 0.136. The van der Waals surface area contributed by atoms with Crippen LogP contribution in [-0.2, 0) is 0 Å². The summed E-state index contributed by atoms with van der Waals surface area (Å²) in [7, 11) is 1.48. The number of oxazole rings is 1. The van der Waals surface area contributed by atoms with E-state index in [9.17, 15) is 4.79 Å². The highest BCUT2D eigenvalue weighted by molar-refractivity contribution is 6.33. The van der Waals surface area contributed by atoms with Crippen LogP contribution in [0.15, 0.2) is 53.1 Å². The van der Waals surface area contributed by atoms with Gasteiger partial charge in [-0.05, 0) is 42.5 Å². The smallest absolute Gasteiger partial charge is 0.255 e. The normalized spacial score (nSPS) is 12.6. The third-order valence-corrected chi connectivity index (χ3v) is 4.99. The van der Waals surface area contributed by atoms with E-state index in [0.29, 0.717) is 69.4 Å². The number of carbonyl (C=O) groups is 1. The molecule has 1 amide bonds. The first-order valence-corrected chi connectivity index (χ1v) is 9.80. The Morgan fingerprint density at radius 3 is 2.77 bits per heavy atom. The second kappa shape index (κ2) is 7.81. The van der Waals surface area contributed by atoms with E-state index in [1.165, 1.54) is 7.11 Å². The molecular formula is C22H16ClN3O5. The van der Waals surface area contributed by atoms with Crippen molar-refractivity contribution in [2.75, 3.05) is 25.6 Å². The molecule has 0 aliphatic carbocycles. The Bertz CT molecular complexity index is 1270. The van der Waals surface area contributed by atoms with Crippen molar-refractivity contribution in [1.29, 1.82) is 0 Å². The number of hydrogen-bond donors (Lipinski definition) is 1. The number of benzene rings is 2. The molecule has 1 aliphatic rings. The van der Waals surface area contributed by atoms with Crippen LogP contribution in [0.5, 0.6) is 17.2 Å². The molecule has 8 nitrogen and oxygen atoms in total. The molecule has 4 aromatic rings. The highest BCUT2D eigenvalue weighted by Crippen LogP contribution is 2.39. The minimum absolute atomic E-state index is 0.299. The van der Waals surface area contributed by atoms with Gasteiger partial charge in [0, 0.05) is 17.3 Å². The maximum Gasteiger partial charge on any atom is 0.255 e. The Morgan fingerprint density at radius 2 is 1.97 bits per heavy atom. The SMILES string of the molecule is COc1c(Cl)cc(-c2nc3ncccc3o2)cc1NC(=O)c1ccc2c(c1)OCCO2. The Balaban J connectivity index is 1.50. The number of aromatic nitrogens is 2. The zero-order valence-electron chi connectivity index (χ0n) is 16.3. The second-order valence-corrected chi connectivity index (χ2v) is 7.10. The zero-order valence-corrected chi connectivity index (χ0v) is 17.1. The number of ether oxygens (including phenoxy) is 3. The van der Waals surface area contributed by atoms with Crippen LogP contribution in [0.3, 0.4) is 0 Å². The van der Waals surface area contributed by atoms with Crippen molar-refractivity contribution in [3.05, 3.63) is 59.2 Å². The van der Waals surface area contributed by atoms with E-state index in [0.717, 1.165) is 0 Å². The number of pyridine rings is 1. The lowest BCUT2D eigenvalue weighted by atomic mass is 10.1. The van der Waals surface area contributed by atoms with Gasteiger partial charge in [0.1, 0.15) is 13.2 Å². The number of hydrogen-bond acceptors (Lipinski definition) is 7. The average Bonchev–Trinajstić information content (AvgIpc) is 3.23. The lowest BCUT2D eigenvalue weighted by Crippen LogP contribution is -2.17. The first kappa shape index (κ1) is 19.2. The quantitative estimate of drug-likeness (QED) is 0.499. The average molecular weight is 438 g/mol. The van der Waals surface area contributed by atoms with Gasteiger partial charge in [0.05, 0.1) is 17.8 Å². The molecule has 2 aromatic carbocycles. The Kier molecular flexibility index (Phi) is 4.83. The molecular weight excluding hydrogens is 422 g/mol. The van der Waals surface area contributed by atoms with E-state index in [1.807, 2.05) is 0 Å². The lowest BCUT2D eigenvalue weighted by molar-refractivity contribution is 0.102. The number of nitrogens with zero attached hydrogens (tertiary/aromatic N) is 2. The summed E-state index contributed by atoms with van der Waals surface area (Å²) >= 11 is 6.41. The van der Waals surface area contributed by atoms with Crippen LogP contribution in [0.2, 0.25) is 5.02 Å². The van der Waals surface area contributed by atoms with Crippen LogP contribution in [0.1, 0.15) is 10.4 Å². The molecule has 2 aromatic heterocycles. The second-order valence-electron chi connectivity index (χ2n) is 6.70. The summed E-state index contributed by atoms with van der Waals surface area (Å²) in [5.74, 6) is 1.42. The van der Waals surface area contributed by atoms with Gasteiger partial charge in [-0.25, -0.2) is 4.98 Å². The third kappa shape index (κ3) is 3.62. The predicted octanol–water partition coefficient (Wildman–Crippen LogP) is 4.58. The number of halogens is 1. The fourth-order valence-corrected chi connectivity index (χ4v) is 3.59. The molecule has 0 saturated heterocycles. The van der Waals surface area contributed by atoms with Crippen molar-refractivity contribution in [1.82, 2.24) is 9.97 Å². The zero-order chi connectivity index (χ0) is 21.4. The number of amides is 1. The summed E-state index contributed by atoms with van der Waals surface area (Å²) in [5.41, 5.74) is 2.37. The molecule has 5 rings (SSSR count). The number of rotatable bonds is 4. The molecule has 0 fully saturated rings. The molecule has 31 heavy (non-hydrogen) atoms. The van der Waals surface area contributed by atoms with Gasteiger partial charge in [0.25, 0.3) is 5.91 Å². The van der Waals surface area contributed by atoms with Crippen molar-refractivity contribution < 1.29 is 23.4 Å². The number of anilines is 1. The third-order valence-electron chi connectivity index (χ3n) is 4.71. The predicted molar refractivity (Wildman–Crippen MR) is 114 cm³/mol.